The molecular formula is C22H22Br2ClNO2. The van der Waals surface area contributed by atoms with Crippen LogP contribution >= 0.6 is 43.5 Å². The molecule has 0 saturated carbocycles. The third-order valence-electron chi connectivity index (χ3n) is 6.15. The summed E-state index contributed by atoms with van der Waals surface area (Å²) in [7, 11) is 0. The molecule has 1 N–H and O–H groups in total. The van der Waals surface area contributed by atoms with Crippen molar-refractivity contribution in [3.05, 3.63) is 66.6 Å². The number of hydrogen-bond donors (Lipinski definition) is 1. The van der Waals surface area contributed by atoms with E-state index >= 15 is 0 Å². The fourth-order valence-corrected chi connectivity index (χ4v) is 5.91. The van der Waals surface area contributed by atoms with Gasteiger partial charge >= 0.3 is 0 Å². The molecule has 1 unspecified atom stereocenters. The number of fused-ring (bicyclic) bond motifs is 2. The van der Waals surface area contributed by atoms with Crippen molar-refractivity contribution in [1.29, 1.82) is 0 Å². The van der Waals surface area contributed by atoms with Crippen molar-refractivity contribution in [2.24, 2.45) is 5.92 Å². The van der Waals surface area contributed by atoms with E-state index in [2.05, 4.69) is 56.1 Å². The van der Waals surface area contributed by atoms with Gasteiger partial charge in [0, 0.05) is 28.0 Å². The molecule has 1 atom stereocenters. The lowest BCUT2D eigenvalue weighted by Crippen LogP contribution is -2.41. The number of aryl methyl sites for hydroxylation is 1. The summed E-state index contributed by atoms with van der Waals surface area (Å²) in [6.07, 6.45) is 3.81. The molecule has 0 bridgehead atoms. The number of hydrogen-bond acceptors (Lipinski definition) is 2. The lowest BCUT2D eigenvalue weighted by Gasteiger charge is -2.37. The third kappa shape index (κ3) is 3.79. The minimum atomic E-state index is -0.404. The van der Waals surface area contributed by atoms with Crippen LogP contribution in [0.5, 0.6) is 0 Å². The van der Waals surface area contributed by atoms with Gasteiger partial charge in [0.15, 0.2) is 0 Å². The second-order valence-corrected chi connectivity index (χ2v) is 9.74. The summed E-state index contributed by atoms with van der Waals surface area (Å²) in [6, 6.07) is 10.8. The number of halogens is 3. The van der Waals surface area contributed by atoms with Gasteiger partial charge in [0.05, 0.1) is 5.02 Å². The summed E-state index contributed by atoms with van der Waals surface area (Å²) in [5, 5.41) is 9.93. The maximum Gasteiger partial charge on any atom is 0.248 e. The molecule has 3 nitrogen and oxygen atoms in total. The Labute approximate surface area is 187 Å². The minimum absolute atomic E-state index is 0.168. The SMILES string of the molecule is O=C(CO)N1CCC(C2c3ccc(Br)cc3CCc3c2ccc(Cl)c3Br)CC1. The number of amides is 1. The van der Waals surface area contributed by atoms with Crippen LogP contribution in [0.4, 0.5) is 0 Å². The number of carbonyl (C=O) groups excluding carboxylic acids is 1. The Morgan fingerprint density at radius 2 is 1.82 bits per heavy atom. The quantitative estimate of drug-likeness (QED) is 0.574. The molecule has 1 amide bonds. The van der Waals surface area contributed by atoms with Gasteiger partial charge in [-0.3, -0.25) is 4.79 Å². The first kappa shape index (κ1) is 20.4. The summed E-state index contributed by atoms with van der Waals surface area (Å²) < 4.78 is 2.12. The van der Waals surface area contributed by atoms with E-state index in [1.54, 1.807) is 4.90 Å². The van der Waals surface area contributed by atoms with Crippen molar-refractivity contribution in [3.8, 4) is 0 Å². The summed E-state index contributed by atoms with van der Waals surface area (Å²) in [5.74, 6) is 0.576. The number of aliphatic hydroxyl groups is 1. The van der Waals surface area contributed by atoms with Crippen molar-refractivity contribution < 1.29 is 9.90 Å². The predicted molar refractivity (Wildman–Crippen MR) is 119 cm³/mol. The lowest BCUT2D eigenvalue weighted by atomic mass is 9.74. The summed E-state index contributed by atoms with van der Waals surface area (Å²) in [6.45, 7) is 1.01. The largest absolute Gasteiger partial charge is 0.387 e. The maximum absolute atomic E-state index is 11.9. The van der Waals surface area contributed by atoms with Gasteiger partial charge in [-0.05, 0) is 88.0 Å². The van der Waals surface area contributed by atoms with Gasteiger partial charge in [-0.2, -0.15) is 0 Å². The topological polar surface area (TPSA) is 40.5 Å². The van der Waals surface area contributed by atoms with Crippen LogP contribution in [-0.2, 0) is 17.6 Å². The Morgan fingerprint density at radius 1 is 1.11 bits per heavy atom. The van der Waals surface area contributed by atoms with E-state index < -0.39 is 6.61 Å². The molecule has 1 aliphatic heterocycles. The van der Waals surface area contributed by atoms with Crippen LogP contribution in [0.15, 0.2) is 39.3 Å². The molecule has 1 fully saturated rings. The Balaban J connectivity index is 1.75. The fourth-order valence-electron chi connectivity index (χ4n) is 4.76. The average Bonchev–Trinajstić information content (AvgIpc) is 2.87. The Bertz CT molecular complexity index is 910. The molecule has 1 heterocycles. The zero-order valence-electron chi connectivity index (χ0n) is 15.4. The highest BCUT2D eigenvalue weighted by atomic mass is 79.9. The maximum atomic E-state index is 11.9. The highest BCUT2D eigenvalue weighted by molar-refractivity contribution is 9.10. The first-order valence-electron chi connectivity index (χ1n) is 9.63. The first-order chi connectivity index (χ1) is 13.5. The van der Waals surface area contributed by atoms with Crippen LogP contribution in [0.1, 0.15) is 41.0 Å². The van der Waals surface area contributed by atoms with Crippen molar-refractivity contribution >= 4 is 49.4 Å². The fraction of sp³-hybridized carbons (Fsp3) is 0.409. The molecule has 0 aromatic heterocycles. The van der Waals surface area contributed by atoms with Crippen molar-refractivity contribution in [2.75, 3.05) is 19.7 Å². The van der Waals surface area contributed by atoms with E-state index in [0.717, 1.165) is 39.7 Å². The highest BCUT2D eigenvalue weighted by Crippen LogP contribution is 2.46. The van der Waals surface area contributed by atoms with E-state index in [4.69, 9.17) is 16.7 Å². The smallest absolute Gasteiger partial charge is 0.248 e. The second kappa shape index (κ2) is 8.47. The highest BCUT2D eigenvalue weighted by Gasteiger charge is 2.34. The molecular weight excluding hydrogens is 506 g/mol. The first-order valence-corrected chi connectivity index (χ1v) is 11.6. The van der Waals surface area contributed by atoms with Crippen LogP contribution in [-0.4, -0.2) is 35.6 Å². The van der Waals surface area contributed by atoms with E-state index in [0.29, 0.717) is 24.9 Å². The van der Waals surface area contributed by atoms with Gasteiger partial charge in [0.1, 0.15) is 6.61 Å². The Hall–Kier alpha value is -0.880. The summed E-state index contributed by atoms with van der Waals surface area (Å²) in [5.41, 5.74) is 5.43. The molecule has 1 saturated heterocycles. The number of aliphatic hydroxyl groups excluding tert-OH is 1. The van der Waals surface area contributed by atoms with Gasteiger partial charge in [0.25, 0.3) is 0 Å². The van der Waals surface area contributed by atoms with E-state index in [1.807, 2.05) is 6.07 Å². The lowest BCUT2D eigenvalue weighted by molar-refractivity contribution is -0.135. The standard InChI is InChI=1S/C22H22Br2ClNO2/c23-15-2-4-16-14(11-15)1-3-18-17(5-6-19(25)22(18)24)21(16)13-7-9-26(10-8-13)20(28)12-27/h2,4-6,11,13,21,27H,1,3,7-10,12H2. The number of piperidine rings is 1. The summed E-state index contributed by atoms with van der Waals surface area (Å²) in [4.78, 5) is 13.7. The monoisotopic (exact) mass is 525 g/mol. The number of rotatable bonds is 2. The minimum Gasteiger partial charge on any atom is -0.387 e. The molecule has 2 aromatic rings. The predicted octanol–water partition coefficient (Wildman–Crippen LogP) is 5.33. The van der Waals surface area contributed by atoms with E-state index in [1.165, 1.54) is 22.3 Å². The number of nitrogens with zero attached hydrogens (tertiary/aromatic N) is 1. The van der Waals surface area contributed by atoms with Crippen LogP contribution in [0.3, 0.4) is 0 Å². The van der Waals surface area contributed by atoms with Crippen LogP contribution < -0.4 is 0 Å². The Kier molecular flexibility index (Phi) is 6.17. The van der Waals surface area contributed by atoms with Gasteiger partial charge in [-0.25, -0.2) is 0 Å². The van der Waals surface area contributed by atoms with Crippen molar-refractivity contribution in [3.63, 3.8) is 0 Å². The van der Waals surface area contributed by atoms with Gasteiger partial charge in [-0.1, -0.05) is 39.7 Å². The molecule has 1 aliphatic carbocycles. The van der Waals surface area contributed by atoms with E-state index in [-0.39, 0.29) is 5.91 Å². The molecule has 2 aliphatic rings. The van der Waals surface area contributed by atoms with Crippen LogP contribution in [0, 0.1) is 5.92 Å². The third-order valence-corrected chi connectivity index (χ3v) is 8.09. The van der Waals surface area contributed by atoms with Crippen LogP contribution in [0.25, 0.3) is 0 Å². The normalized spacial score (nSPS) is 19.7. The average molecular weight is 528 g/mol. The molecule has 148 valence electrons. The zero-order chi connectivity index (χ0) is 19.8. The molecule has 4 rings (SSSR count). The molecule has 6 heteroatoms. The van der Waals surface area contributed by atoms with E-state index in [9.17, 15) is 4.79 Å². The molecule has 0 radical (unpaired) electrons. The molecule has 0 spiro atoms. The number of likely N-dealkylation sites (tertiary alicyclic amines) is 1. The zero-order valence-corrected chi connectivity index (χ0v) is 19.4. The molecule has 2 aromatic carbocycles. The molecule has 28 heavy (non-hydrogen) atoms. The van der Waals surface area contributed by atoms with Gasteiger partial charge in [0.2, 0.25) is 5.91 Å². The van der Waals surface area contributed by atoms with Gasteiger partial charge < -0.3 is 10.0 Å². The second-order valence-electron chi connectivity index (χ2n) is 7.63. The Morgan fingerprint density at radius 3 is 2.54 bits per heavy atom. The van der Waals surface area contributed by atoms with Crippen molar-refractivity contribution in [1.82, 2.24) is 4.90 Å². The van der Waals surface area contributed by atoms with Gasteiger partial charge in [-0.15, -0.1) is 0 Å². The van der Waals surface area contributed by atoms with Crippen molar-refractivity contribution in [2.45, 2.75) is 31.6 Å². The summed E-state index contributed by atoms with van der Waals surface area (Å²) >= 11 is 13.8. The number of carbonyl (C=O) groups is 1. The van der Waals surface area contributed by atoms with Crippen LogP contribution in [0.2, 0.25) is 5.02 Å². The number of benzene rings is 2.